The molecular formula is C7H7BrO2. The Morgan fingerprint density at radius 1 is 1.60 bits per heavy atom. The lowest BCUT2D eigenvalue weighted by atomic mass is 10.1. The van der Waals surface area contributed by atoms with Crippen molar-refractivity contribution < 1.29 is 9.53 Å². The average molecular weight is 203 g/mol. The number of esters is 1. The van der Waals surface area contributed by atoms with Gasteiger partial charge in [-0.3, -0.25) is 4.79 Å². The van der Waals surface area contributed by atoms with E-state index in [0.29, 0.717) is 12.3 Å². The Morgan fingerprint density at radius 3 is 3.10 bits per heavy atom. The summed E-state index contributed by atoms with van der Waals surface area (Å²) in [6.45, 7) is 0. The summed E-state index contributed by atoms with van der Waals surface area (Å²) < 4.78 is 5.05. The van der Waals surface area contributed by atoms with Crippen LogP contribution in [0.2, 0.25) is 0 Å². The van der Waals surface area contributed by atoms with Crippen molar-refractivity contribution in [2.45, 2.75) is 17.4 Å². The van der Waals surface area contributed by atoms with E-state index in [1.807, 2.05) is 6.08 Å². The molecule has 0 saturated carbocycles. The normalized spacial score (nSPS) is 43.7. The zero-order valence-electron chi connectivity index (χ0n) is 5.29. The van der Waals surface area contributed by atoms with Gasteiger partial charge in [0.1, 0.15) is 6.10 Å². The maximum atomic E-state index is 10.7. The largest absolute Gasteiger partial charge is 0.460 e. The van der Waals surface area contributed by atoms with Crippen LogP contribution in [0.4, 0.5) is 0 Å². The summed E-state index contributed by atoms with van der Waals surface area (Å²) in [5, 5.41) is 0. The van der Waals surface area contributed by atoms with Crippen molar-refractivity contribution in [3.05, 3.63) is 12.2 Å². The fraction of sp³-hybridized carbons (Fsp3) is 0.571. The van der Waals surface area contributed by atoms with E-state index in [4.69, 9.17) is 4.74 Å². The molecule has 1 saturated heterocycles. The second kappa shape index (κ2) is 2.09. The summed E-state index contributed by atoms with van der Waals surface area (Å²) in [6, 6.07) is 0. The number of hydrogen-bond donors (Lipinski definition) is 0. The predicted molar refractivity (Wildman–Crippen MR) is 39.8 cm³/mol. The zero-order chi connectivity index (χ0) is 7.14. The van der Waals surface area contributed by atoms with E-state index in [-0.39, 0.29) is 16.9 Å². The maximum absolute atomic E-state index is 10.7. The van der Waals surface area contributed by atoms with Gasteiger partial charge < -0.3 is 4.74 Å². The van der Waals surface area contributed by atoms with Crippen LogP contribution in [0.25, 0.3) is 0 Å². The highest BCUT2D eigenvalue weighted by Gasteiger charge is 2.40. The molecule has 10 heavy (non-hydrogen) atoms. The maximum Gasteiger partial charge on any atom is 0.306 e. The molecule has 54 valence electrons. The van der Waals surface area contributed by atoms with Gasteiger partial charge in [0.25, 0.3) is 0 Å². The summed E-state index contributed by atoms with van der Waals surface area (Å²) >= 11 is 3.41. The standard InChI is InChI=1S/C7H7BrO2/c8-5-2-1-4-3-6(9)10-7(4)5/h1-2,4-5,7H,3H2/t4-,5-,7+/m1/s1. The number of carbonyl (C=O) groups is 1. The first-order valence-electron chi connectivity index (χ1n) is 3.29. The van der Waals surface area contributed by atoms with Crippen molar-refractivity contribution in [1.82, 2.24) is 0 Å². The highest BCUT2D eigenvalue weighted by molar-refractivity contribution is 9.09. The van der Waals surface area contributed by atoms with Crippen molar-refractivity contribution in [3.63, 3.8) is 0 Å². The van der Waals surface area contributed by atoms with E-state index in [0.717, 1.165) is 0 Å². The number of alkyl halides is 1. The van der Waals surface area contributed by atoms with Gasteiger partial charge in [-0.15, -0.1) is 0 Å². The molecular weight excluding hydrogens is 196 g/mol. The van der Waals surface area contributed by atoms with Gasteiger partial charge in [0, 0.05) is 5.92 Å². The molecule has 0 aromatic carbocycles. The SMILES string of the molecule is O=C1C[C@H]2C=C[C@@H](Br)[C@H]2O1. The summed E-state index contributed by atoms with van der Waals surface area (Å²) in [4.78, 5) is 11.0. The number of fused-ring (bicyclic) bond motifs is 1. The Balaban J connectivity index is 2.19. The first-order valence-corrected chi connectivity index (χ1v) is 4.21. The Bertz CT molecular complexity index is 200. The third-order valence-electron chi connectivity index (χ3n) is 1.95. The van der Waals surface area contributed by atoms with Gasteiger partial charge >= 0.3 is 5.97 Å². The second-order valence-corrected chi connectivity index (χ2v) is 3.71. The number of carbonyl (C=O) groups excluding carboxylic acids is 1. The molecule has 0 aromatic heterocycles. The molecule has 2 aliphatic rings. The van der Waals surface area contributed by atoms with Gasteiger partial charge in [0.2, 0.25) is 0 Å². The Labute approximate surface area is 67.4 Å². The van der Waals surface area contributed by atoms with Gasteiger partial charge in [-0.2, -0.15) is 0 Å². The van der Waals surface area contributed by atoms with Crippen LogP contribution in [0, 0.1) is 5.92 Å². The topological polar surface area (TPSA) is 26.3 Å². The molecule has 0 bridgehead atoms. The molecule has 1 heterocycles. The average Bonchev–Trinajstić information content (AvgIpc) is 2.35. The number of ether oxygens (including phenoxy) is 1. The summed E-state index contributed by atoms with van der Waals surface area (Å²) in [6.07, 6.45) is 4.73. The number of rotatable bonds is 0. The summed E-state index contributed by atoms with van der Waals surface area (Å²) in [5.41, 5.74) is 0. The van der Waals surface area contributed by atoms with Crippen LogP contribution >= 0.6 is 15.9 Å². The molecule has 0 aromatic rings. The van der Waals surface area contributed by atoms with Gasteiger partial charge in [-0.25, -0.2) is 0 Å². The molecule has 1 fully saturated rings. The highest BCUT2D eigenvalue weighted by Crippen LogP contribution is 2.34. The van der Waals surface area contributed by atoms with Gasteiger partial charge in [-0.1, -0.05) is 28.1 Å². The van der Waals surface area contributed by atoms with Crippen molar-refractivity contribution in [2.24, 2.45) is 5.92 Å². The minimum Gasteiger partial charge on any atom is -0.460 e. The first kappa shape index (κ1) is 6.40. The Hall–Kier alpha value is -0.310. The van der Waals surface area contributed by atoms with Crippen LogP contribution in [0.1, 0.15) is 6.42 Å². The molecule has 0 unspecified atom stereocenters. The van der Waals surface area contributed by atoms with E-state index in [9.17, 15) is 4.79 Å². The lowest BCUT2D eigenvalue weighted by molar-refractivity contribution is -0.141. The monoisotopic (exact) mass is 202 g/mol. The van der Waals surface area contributed by atoms with Crippen LogP contribution in [-0.4, -0.2) is 16.9 Å². The van der Waals surface area contributed by atoms with Gasteiger partial charge in [0.05, 0.1) is 11.2 Å². The van der Waals surface area contributed by atoms with E-state index in [1.165, 1.54) is 0 Å². The minimum absolute atomic E-state index is 0.0659. The lowest BCUT2D eigenvalue weighted by Crippen LogP contribution is -2.18. The van der Waals surface area contributed by atoms with Gasteiger partial charge in [0.15, 0.2) is 0 Å². The number of hydrogen-bond acceptors (Lipinski definition) is 2. The third kappa shape index (κ3) is 0.804. The van der Waals surface area contributed by atoms with Crippen LogP contribution in [0.15, 0.2) is 12.2 Å². The molecule has 2 rings (SSSR count). The Kier molecular flexibility index (Phi) is 1.34. The fourth-order valence-electron chi connectivity index (χ4n) is 1.43. The van der Waals surface area contributed by atoms with E-state index < -0.39 is 0 Å². The van der Waals surface area contributed by atoms with Gasteiger partial charge in [-0.05, 0) is 0 Å². The first-order chi connectivity index (χ1) is 4.77. The zero-order valence-corrected chi connectivity index (χ0v) is 6.87. The quantitative estimate of drug-likeness (QED) is 0.336. The van der Waals surface area contributed by atoms with Crippen molar-refractivity contribution in [3.8, 4) is 0 Å². The lowest BCUT2D eigenvalue weighted by Gasteiger charge is -2.10. The Morgan fingerprint density at radius 2 is 2.40 bits per heavy atom. The molecule has 3 atom stereocenters. The highest BCUT2D eigenvalue weighted by atomic mass is 79.9. The van der Waals surface area contributed by atoms with E-state index >= 15 is 0 Å². The third-order valence-corrected chi connectivity index (χ3v) is 2.77. The predicted octanol–water partition coefficient (Wildman–Crippen LogP) is 1.25. The molecule has 0 radical (unpaired) electrons. The summed E-state index contributed by atoms with van der Waals surface area (Å²) in [7, 11) is 0. The number of halogens is 1. The van der Waals surface area contributed by atoms with Crippen LogP contribution in [0.5, 0.6) is 0 Å². The molecule has 0 amide bonds. The van der Waals surface area contributed by atoms with E-state index in [1.54, 1.807) is 0 Å². The smallest absolute Gasteiger partial charge is 0.306 e. The summed E-state index contributed by atoms with van der Waals surface area (Å²) in [5.74, 6) is 0.265. The van der Waals surface area contributed by atoms with Crippen molar-refractivity contribution in [2.75, 3.05) is 0 Å². The fourth-order valence-corrected chi connectivity index (χ4v) is 2.11. The second-order valence-electron chi connectivity index (χ2n) is 2.65. The molecule has 0 N–H and O–H groups in total. The molecule has 0 spiro atoms. The molecule has 1 aliphatic carbocycles. The van der Waals surface area contributed by atoms with Crippen LogP contribution < -0.4 is 0 Å². The van der Waals surface area contributed by atoms with E-state index in [2.05, 4.69) is 22.0 Å². The van der Waals surface area contributed by atoms with Crippen LogP contribution in [-0.2, 0) is 9.53 Å². The molecule has 3 heteroatoms. The molecule has 1 aliphatic heterocycles. The van der Waals surface area contributed by atoms with Crippen molar-refractivity contribution in [1.29, 1.82) is 0 Å². The van der Waals surface area contributed by atoms with Crippen LogP contribution in [0.3, 0.4) is 0 Å². The molecule has 2 nitrogen and oxygen atoms in total. The van der Waals surface area contributed by atoms with Crippen molar-refractivity contribution >= 4 is 21.9 Å². The minimum atomic E-state index is -0.0659.